The molecule has 0 spiro atoms. The van der Waals surface area contributed by atoms with Crippen LogP contribution < -0.4 is 11.1 Å². The first-order valence-electron chi connectivity index (χ1n) is 7.91. The van der Waals surface area contributed by atoms with Gasteiger partial charge in [-0.1, -0.05) is 12.1 Å². The van der Waals surface area contributed by atoms with Crippen LogP contribution in [0.4, 0.5) is 0 Å². The van der Waals surface area contributed by atoms with Gasteiger partial charge in [-0.15, -0.1) is 12.4 Å². The summed E-state index contributed by atoms with van der Waals surface area (Å²) in [6.07, 6.45) is 0.767. The number of carbonyl (C=O) groups is 1. The quantitative estimate of drug-likeness (QED) is 0.693. The molecule has 0 radical (unpaired) electrons. The lowest BCUT2D eigenvalue weighted by Gasteiger charge is -2.21. The van der Waals surface area contributed by atoms with Gasteiger partial charge < -0.3 is 15.8 Å². The minimum absolute atomic E-state index is 0. The van der Waals surface area contributed by atoms with Crippen molar-refractivity contribution >= 4 is 28.3 Å². The second kappa shape index (κ2) is 9.49. The van der Waals surface area contributed by atoms with Crippen LogP contribution in [0.5, 0.6) is 0 Å². The summed E-state index contributed by atoms with van der Waals surface area (Å²) in [4.78, 5) is 12.4. The van der Waals surface area contributed by atoms with Crippen LogP contribution in [-0.2, 0) is 21.2 Å². The van der Waals surface area contributed by atoms with Crippen molar-refractivity contribution in [1.29, 1.82) is 0 Å². The number of sulfonamides is 1. The van der Waals surface area contributed by atoms with Crippen molar-refractivity contribution in [3.05, 3.63) is 35.4 Å². The van der Waals surface area contributed by atoms with Gasteiger partial charge in [0.15, 0.2) is 0 Å². The molecule has 1 fully saturated rings. The number of benzene rings is 1. The maximum Gasteiger partial charge on any atom is 0.251 e. The lowest BCUT2D eigenvalue weighted by atomic mass is 10.0. The number of hydrogen-bond donors (Lipinski definition) is 2. The third kappa shape index (κ3) is 5.93. The van der Waals surface area contributed by atoms with Crippen molar-refractivity contribution in [2.75, 3.05) is 39.6 Å². The van der Waals surface area contributed by atoms with E-state index in [1.54, 1.807) is 12.1 Å². The Hall–Kier alpha value is -1.19. The van der Waals surface area contributed by atoms with Gasteiger partial charge in [0.1, 0.15) is 0 Å². The molecule has 9 heteroatoms. The number of hydrogen-bond acceptors (Lipinski definition) is 5. The Morgan fingerprint density at radius 1 is 1.28 bits per heavy atom. The lowest BCUT2D eigenvalue weighted by Crippen LogP contribution is -2.43. The standard InChI is InChI=1S/C16H25N3O4S.ClH/c1-19(2)24(21,22)11-14-9-23-10-15(14)18-16(20)13-5-3-12(4-6-13)7-8-17;/h3-6,14-15H,7-11,17H2,1-2H3,(H,18,20);1H/t14-,15+;/m0./s1. The Kier molecular flexibility index (Phi) is 8.30. The number of halogens is 1. The molecule has 25 heavy (non-hydrogen) atoms. The summed E-state index contributed by atoms with van der Waals surface area (Å²) in [6, 6.07) is 6.95. The molecule has 0 unspecified atom stereocenters. The van der Waals surface area contributed by atoms with Crippen LogP contribution >= 0.6 is 12.4 Å². The molecule has 0 saturated carbocycles. The molecule has 0 aliphatic carbocycles. The van der Waals surface area contributed by atoms with Crippen LogP contribution in [0.25, 0.3) is 0 Å². The van der Waals surface area contributed by atoms with E-state index >= 15 is 0 Å². The highest BCUT2D eigenvalue weighted by atomic mass is 35.5. The molecular weight excluding hydrogens is 366 g/mol. The fourth-order valence-corrected chi connectivity index (χ4v) is 3.75. The fourth-order valence-electron chi connectivity index (χ4n) is 2.58. The first-order chi connectivity index (χ1) is 11.3. The third-order valence-electron chi connectivity index (χ3n) is 4.15. The molecule has 1 heterocycles. The second-order valence-corrected chi connectivity index (χ2v) is 8.40. The molecule has 1 saturated heterocycles. The maximum atomic E-state index is 12.4. The summed E-state index contributed by atoms with van der Waals surface area (Å²) < 4.78 is 30.6. The smallest absolute Gasteiger partial charge is 0.251 e. The summed E-state index contributed by atoms with van der Waals surface area (Å²) in [5, 5.41) is 2.89. The molecule has 2 rings (SSSR count). The minimum Gasteiger partial charge on any atom is -0.379 e. The first kappa shape index (κ1) is 21.9. The Morgan fingerprint density at radius 3 is 2.48 bits per heavy atom. The van der Waals surface area contributed by atoms with E-state index in [4.69, 9.17) is 10.5 Å². The van der Waals surface area contributed by atoms with Crippen LogP contribution in [-0.4, -0.2) is 64.3 Å². The van der Waals surface area contributed by atoms with Gasteiger partial charge in [-0.3, -0.25) is 4.79 Å². The number of rotatable bonds is 7. The number of carbonyl (C=O) groups excluding carboxylic acids is 1. The first-order valence-corrected chi connectivity index (χ1v) is 9.52. The van der Waals surface area contributed by atoms with E-state index in [9.17, 15) is 13.2 Å². The highest BCUT2D eigenvalue weighted by molar-refractivity contribution is 7.89. The highest BCUT2D eigenvalue weighted by Gasteiger charge is 2.34. The largest absolute Gasteiger partial charge is 0.379 e. The van der Waals surface area contributed by atoms with E-state index in [1.165, 1.54) is 18.4 Å². The number of nitrogens with two attached hydrogens (primary N) is 1. The zero-order valence-electron chi connectivity index (χ0n) is 14.5. The van der Waals surface area contributed by atoms with Crippen LogP contribution in [0, 0.1) is 5.92 Å². The Morgan fingerprint density at radius 2 is 1.92 bits per heavy atom. The Balaban J connectivity index is 0.00000312. The van der Waals surface area contributed by atoms with Crippen molar-refractivity contribution in [2.24, 2.45) is 11.7 Å². The van der Waals surface area contributed by atoms with Gasteiger partial charge >= 0.3 is 0 Å². The predicted octanol–water partition coefficient (Wildman–Crippen LogP) is 0.246. The van der Waals surface area contributed by atoms with Crippen molar-refractivity contribution in [3.63, 3.8) is 0 Å². The Bertz CT molecular complexity index is 664. The average Bonchev–Trinajstić information content (AvgIpc) is 2.94. The lowest BCUT2D eigenvalue weighted by molar-refractivity contribution is 0.0926. The van der Waals surface area contributed by atoms with Gasteiger partial charge in [0.2, 0.25) is 10.0 Å². The molecule has 142 valence electrons. The summed E-state index contributed by atoms with van der Waals surface area (Å²) in [6.45, 7) is 1.21. The summed E-state index contributed by atoms with van der Waals surface area (Å²) in [5.74, 6) is -0.518. The number of amides is 1. The van der Waals surface area contributed by atoms with E-state index in [-0.39, 0.29) is 36.0 Å². The molecule has 0 bridgehead atoms. The predicted molar refractivity (Wildman–Crippen MR) is 99.5 cm³/mol. The van der Waals surface area contributed by atoms with Crippen LogP contribution in [0.3, 0.4) is 0 Å². The monoisotopic (exact) mass is 391 g/mol. The van der Waals surface area contributed by atoms with Crippen molar-refractivity contribution in [3.8, 4) is 0 Å². The van der Waals surface area contributed by atoms with Crippen LogP contribution in [0.15, 0.2) is 24.3 Å². The molecule has 3 N–H and O–H groups in total. The highest BCUT2D eigenvalue weighted by Crippen LogP contribution is 2.18. The maximum absolute atomic E-state index is 12.4. The molecule has 0 aromatic heterocycles. The van der Waals surface area contributed by atoms with Crippen molar-refractivity contribution < 1.29 is 17.9 Å². The van der Waals surface area contributed by atoms with E-state index in [2.05, 4.69) is 5.32 Å². The van der Waals surface area contributed by atoms with E-state index in [0.29, 0.717) is 25.3 Å². The molecule has 2 atom stereocenters. The van der Waals surface area contributed by atoms with Gasteiger partial charge in [-0.25, -0.2) is 12.7 Å². The van der Waals surface area contributed by atoms with E-state index in [1.807, 2.05) is 12.1 Å². The summed E-state index contributed by atoms with van der Waals surface area (Å²) in [5.41, 5.74) is 7.12. The fraction of sp³-hybridized carbons (Fsp3) is 0.562. The summed E-state index contributed by atoms with van der Waals surface area (Å²) >= 11 is 0. The topological polar surface area (TPSA) is 102 Å². The SMILES string of the molecule is CN(C)S(=O)(=O)C[C@@H]1COC[C@H]1NC(=O)c1ccc(CCN)cc1.Cl. The molecule has 1 aliphatic heterocycles. The Labute approximate surface area is 155 Å². The molecule has 1 aliphatic rings. The summed E-state index contributed by atoms with van der Waals surface area (Å²) in [7, 11) is -0.333. The van der Waals surface area contributed by atoms with Gasteiger partial charge in [-0.05, 0) is 30.7 Å². The zero-order chi connectivity index (χ0) is 17.7. The number of nitrogens with one attached hydrogen (secondary N) is 1. The van der Waals surface area contributed by atoms with Crippen molar-refractivity contribution in [1.82, 2.24) is 9.62 Å². The molecule has 7 nitrogen and oxygen atoms in total. The molecule has 1 aromatic rings. The van der Waals surface area contributed by atoms with Gasteiger partial charge in [0.25, 0.3) is 5.91 Å². The van der Waals surface area contributed by atoms with Gasteiger partial charge in [0.05, 0.1) is 25.0 Å². The van der Waals surface area contributed by atoms with Gasteiger partial charge in [0, 0.05) is 25.6 Å². The normalized spacial score (nSPS) is 20.3. The second-order valence-electron chi connectivity index (χ2n) is 6.17. The number of nitrogens with zero attached hydrogens (tertiary/aromatic N) is 1. The molecule has 1 aromatic carbocycles. The third-order valence-corrected chi connectivity index (χ3v) is 6.11. The van der Waals surface area contributed by atoms with E-state index in [0.717, 1.165) is 12.0 Å². The molecule has 1 amide bonds. The minimum atomic E-state index is -3.34. The average molecular weight is 392 g/mol. The van der Waals surface area contributed by atoms with E-state index < -0.39 is 10.0 Å². The molecular formula is C16H26ClN3O4S. The zero-order valence-corrected chi connectivity index (χ0v) is 16.1. The van der Waals surface area contributed by atoms with Crippen molar-refractivity contribution in [2.45, 2.75) is 12.5 Å². The van der Waals surface area contributed by atoms with Crippen LogP contribution in [0.2, 0.25) is 0 Å². The van der Waals surface area contributed by atoms with Crippen LogP contribution in [0.1, 0.15) is 15.9 Å². The van der Waals surface area contributed by atoms with Gasteiger partial charge in [-0.2, -0.15) is 0 Å². The number of ether oxygens (including phenoxy) is 1.